The van der Waals surface area contributed by atoms with Crippen molar-refractivity contribution >= 4 is 45.3 Å². The second-order valence-corrected chi connectivity index (χ2v) is 8.29. The lowest BCUT2D eigenvalue weighted by atomic mass is 10.1. The maximum Gasteiger partial charge on any atom is 0.326 e. The Morgan fingerprint density at radius 3 is 2.32 bits per heavy atom. The van der Waals surface area contributed by atoms with Gasteiger partial charge in [0.2, 0.25) is 0 Å². The number of hydrogen-bond donors (Lipinski definition) is 2. The number of ether oxygens (including phenoxy) is 2. The third-order valence-electron chi connectivity index (χ3n) is 4.23. The van der Waals surface area contributed by atoms with Gasteiger partial charge in [-0.05, 0) is 55.0 Å². The molecule has 0 unspecified atom stereocenters. The van der Waals surface area contributed by atoms with E-state index in [1.54, 1.807) is 30.3 Å². The summed E-state index contributed by atoms with van der Waals surface area (Å²) in [4.78, 5) is 30.3. The number of pyridine rings is 1. The Hall–Kier alpha value is -3.04. The van der Waals surface area contributed by atoms with Crippen molar-refractivity contribution in [2.24, 2.45) is 0 Å². The van der Waals surface area contributed by atoms with E-state index >= 15 is 0 Å². The maximum atomic E-state index is 12.6. The summed E-state index contributed by atoms with van der Waals surface area (Å²) in [6.07, 6.45) is 1.53. The number of nitrogens with zero attached hydrogens (tertiary/aromatic N) is 1. The minimum Gasteiger partial charge on any atom is -0.496 e. The van der Waals surface area contributed by atoms with Crippen LogP contribution in [0.15, 0.2) is 69.1 Å². The lowest BCUT2D eigenvalue weighted by Crippen LogP contribution is -2.34. The number of imide groups is 1. The summed E-state index contributed by atoms with van der Waals surface area (Å²) in [6.45, 7) is 2.02. The zero-order chi connectivity index (χ0) is 22.4. The Labute approximate surface area is 192 Å². The van der Waals surface area contributed by atoms with Crippen molar-refractivity contribution in [2.75, 3.05) is 19.5 Å². The molecule has 1 heterocycles. The Morgan fingerprint density at radius 2 is 1.74 bits per heavy atom. The summed E-state index contributed by atoms with van der Waals surface area (Å²) >= 11 is 5.00. The van der Waals surface area contributed by atoms with Gasteiger partial charge in [-0.25, -0.2) is 9.78 Å². The molecule has 0 aliphatic rings. The summed E-state index contributed by atoms with van der Waals surface area (Å²) < 4.78 is 11.4. The standard InChI is InChI=1S/C22H20BrN3O4S/c1-13-11-15(8-9-16(13)23)31-19-10-7-14(12-24-19)25-22(28)26-21(27)20-17(29-2)5-4-6-18(20)30-3/h4-12H,1-3H3,(H2,25,26,27,28). The van der Waals surface area contributed by atoms with Gasteiger partial charge in [0.05, 0.1) is 26.1 Å². The molecule has 0 saturated carbocycles. The first-order valence-electron chi connectivity index (χ1n) is 9.14. The summed E-state index contributed by atoms with van der Waals surface area (Å²) in [5.41, 5.74) is 1.72. The van der Waals surface area contributed by atoms with Crippen LogP contribution in [0.25, 0.3) is 0 Å². The fourth-order valence-corrected chi connectivity index (χ4v) is 3.82. The van der Waals surface area contributed by atoms with Crippen molar-refractivity contribution in [3.63, 3.8) is 0 Å². The minimum atomic E-state index is -0.691. The average Bonchev–Trinajstić information content (AvgIpc) is 2.76. The summed E-state index contributed by atoms with van der Waals surface area (Å²) in [5.74, 6) is -0.0377. The van der Waals surface area contributed by atoms with E-state index in [9.17, 15) is 9.59 Å². The highest BCUT2D eigenvalue weighted by Gasteiger charge is 2.20. The Kier molecular flexibility index (Phi) is 7.54. The fraction of sp³-hybridized carbons (Fsp3) is 0.136. The molecule has 0 aliphatic heterocycles. The Bertz CT molecular complexity index is 1080. The molecular weight excluding hydrogens is 482 g/mol. The molecule has 0 spiro atoms. The first-order chi connectivity index (χ1) is 14.9. The molecule has 2 N–H and O–H groups in total. The minimum absolute atomic E-state index is 0.136. The number of methoxy groups -OCH3 is 2. The van der Waals surface area contributed by atoms with E-state index in [-0.39, 0.29) is 5.56 Å². The van der Waals surface area contributed by atoms with Gasteiger partial charge in [-0.1, -0.05) is 33.8 Å². The van der Waals surface area contributed by atoms with E-state index in [1.165, 1.54) is 32.2 Å². The SMILES string of the molecule is COc1cccc(OC)c1C(=O)NC(=O)Nc1ccc(Sc2ccc(Br)c(C)c2)nc1. The number of carbonyl (C=O) groups is 2. The van der Waals surface area contributed by atoms with Gasteiger partial charge in [0.15, 0.2) is 0 Å². The van der Waals surface area contributed by atoms with Crippen LogP contribution in [0, 0.1) is 6.92 Å². The fourth-order valence-electron chi connectivity index (χ4n) is 2.72. The highest BCUT2D eigenvalue weighted by molar-refractivity contribution is 9.10. The topological polar surface area (TPSA) is 89.5 Å². The summed E-state index contributed by atoms with van der Waals surface area (Å²) in [7, 11) is 2.87. The molecule has 0 saturated heterocycles. The molecule has 0 fully saturated rings. The second-order valence-electron chi connectivity index (χ2n) is 6.34. The quantitative estimate of drug-likeness (QED) is 0.477. The molecule has 7 nitrogen and oxygen atoms in total. The van der Waals surface area contributed by atoms with Crippen molar-refractivity contribution in [1.29, 1.82) is 0 Å². The number of nitrogens with one attached hydrogen (secondary N) is 2. The smallest absolute Gasteiger partial charge is 0.326 e. The third-order valence-corrected chi connectivity index (χ3v) is 6.06. The van der Waals surface area contributed by atoms with Crippen molar-refractivity contribution < 1.29 is 19.1 Å². The number of anilines is 1. The number of aryl methyl sites for hydroxylation is 1. The van der Waals surface area contributed by atoms with Crippen molar-refractivity contribution in [1.82, 2.24) is 10.3 Å². The lowest BCUT2D eigenvalue weighted by Gasteiger charge is -2.13. The van der Waals surface area contributed by atoms with Crippen LogP contribution in [0.5, 0.6) is 11.5 Å². The number of aromatic nitrogens is 1. The molecule has 0 atom stereocenters. The van der Waals surface area contributed by atoms with Crippen molar-refractivity contribution in [3.05, 3.63) is 70.3 Å². The van der Waals surface area contributed by atoms with Crippen LogP contribution in [-0.4, -0.2) is 31.1 Å². The zero-order valence-corrected chi connectivity index (χ0v) is 19.5. The van der Waals surface area contributed by atoms with Crippen LogP contribution in [0.3, 0.4) is 0 Å². The first-order valence-corrected chi connectivity index (χ1v) is 10.8. The number of urea groups is 1. The van der Waals surface area contributed by atoms with Crippen molar-refractivity contribution in [3.8, 4) is 11.5 Å². The summed E-state index contributed by atoms with van der Waals surface area (Å²) in [5, 5.41) is 5.65. The van der Waals surface area contributed by atoms with Gasteiger partial charge in [-0.15, -0.1) is 0 Å². The number of halogens is 1. The van der Waals surface area contributed by atoms with Crippen molar-refractivity contribution in [2.45, 2.75) is 16.8 Å². The molecule has 9 heteroatoms. The predicted octanol–water partition coefficient (Wildman–Crippen LogP) is 5.28. The molecule has 160 valence electrons. The van der Waals surface area contributed by atoms with E-state index < -0.39 is 11.9 Å². The van der Waals surface area contributed by atoms with Crippen LogP contribution in [0.4, 0.5) is 10.5 Å². The van der Waals surface area contributed by atoms with E-state index in [2.05, 4.69) is 37.6 Å². The highest BCUT2D eigenvalue weighted by atomic mass is 79.9. The van der Waals surface area contributed by atoms with Crippen LogP contribution < -0.4 is 20.1 Å². The number of rotatable bonds is 6. The number of benzene rings is 2. The molecule has 31 heavy (non-hydrogen) atoms. The normalized spacial score (nSPS) is 10.3. The van der Waals surface area contributed by atoms with Gasteiger partial charge in [0, 0.05) is 9.37 Å². The van der Waals surface area contributed by atoms with E-state index in [0.29, 0.717) is 17.2 Å². The number of hydrogen-bond acceptors (Lipinski definition) is 6. The largest absolute Gasteiger partial charge is 0.496 e. The average molecular weight is 502 g/mol. The Balaban J connectivity index is 1.63. The molecule has 3 amide bonds. The molecule has 0 bridgehead atoms. The van der Waals surface area contributed by atoms with Gasteiger partial charge >= 0.3 is 6.03 Å². The molecule has 3 rings (SSSR count). The van der Waals surface area contributed by atoms with E-state index in [0.717, 1.165) is 20.0 Å². The monoisotopic (exact) mass is 501 g/mol. The second kappa shape index (κ2) is 10.3. The molecule has 3 aromatic rings. The van der Waals surface area contributed by atoms with Crippen LogP contribution in [0.2, 0.25) is 0 Å². The number of amides is 3. The maximum absolute atomic E-state index is 12.6. The summed E-state index contributed by atoms with van der Waals surface area (Å²) in [6, 6.07) is 13.8. The third kappa shape index (κ3) is 5.77. The molecule has 2 aromatic carbocycles. The van der Waals surface area contributed by atoms with Gasteiger partial charge in [-0.2, -0.15) is 0 Å². The van der Waals surface area contributed by atoms with E-state index in [1.807, 2.05) is 19.1 Å². The first kappa shape index (κ1) is 22.6. The molecular formula is C22H20BrN3O4S. The van der Waals surface area contributed by atoms with Crippen LogP contribution in [-0.2, 0) is 0 Å². The zero-order valence-electron chi connectivity index (χ0n) is 17.1. The molecule has 0 aliphatic carbocycles. The van der Waals surface area contributed by atoms with Crippen LogP contribution in [0.1, 0.15) is 15.9 Å². The van der Waals surface area contributed by atoms with E-state index in [4.69, 9.17) is 9.47 Å². The number of carbonyl (C=O) groups excluding carboxylic acids is 2. The predicted molar refractivity (Wildman–Crippen MR) is 123 cm³/mol. The Morgan fingerprint density at radius 1 is 1.03 bits per heavy atom. The molecule has 0 radical (unpaired) electrons. The highest BCUT2D eigenvalue weighted by Crippen LogP contribution is 2.30. The lowest BCUT2D eigenvalue weighted by molar-refractivity contribution is 0.0961. The van der Waals surface area contributed by atoms with Gasteiger partial charge in [-0.3, -0.25) is 10.1 Å². The molecule has 1 aromatic heterocycles. The van der Waals surface area contributed by atoms with Gasteiger partial charge < -0.3 is 14.8 Å². The van der Waals surface area contributed by atoms with Gasteiger partial charge in [0.25, 0.3) is 5.91 Å². The van der Waals surface area contributed by atoms with Gasteiger partial charge in [0.1, 0.15) is 22.1 Å². The van der Waals surface area contributed by atoms with Crippen LogP contribution >= 0.6 is 27.7 Å².